The molecule has 1 aliphatic heterocycles. The number of anilines is 1. The number of carbonyl (C=O) groups excluding carboxylic acids is 1. The summed E-state index contributed by atoms with van der Waals surface area (Å²) in [7, 11) is 0. The van der Waals surface area contributed by atoms with E-state index in [0.717, 1.165) is 12.8 Å². The van der Waals surface area contributed by atoms with E-state index in [2.05, 4.69) is 5.10 Å². The number of rotatable bonds is 3. The predicted octanol–water partition coefficient (Wildman–Crippen LogP) is 0.994. The first-order chi connectivity index (χ1) is 8.22. The zero-order valence-corrected chi connectivity index (χ0v) is 9.89. The Hall–Kier alpha value is -1.56. The molecule has 2 N–H and O–H groups in total. The number of ether oxygens (including phenoxy) is 2. The van der Waals surface area contributed by atoms with Crippen molar-refractivity contribution in [2.24, 2.45) is 0 Å². The van der Waals surface area contributed by atoms with Gasteiger partial charge >= 0.3 is 5.97 Å². The Labute approximate surface area is 99.7 Å². The summed E-state index contributed by atoms with van der Waals surface area (Å²) in [6.45, 7) is 3.51. The number of esters is 1. The first-order valence-corrected chi connectivity index (χ1v) is 5.82. The van der Waals surface area contributed by atoms with Crippen LogP contribution < -0.4 is 5.73 Å². The Morgan fingerprint density at radius 2 is 2.35 bits per heavy atom. The normalized spacial score (nSPS) is 17.0. The quantitative estimate of drug-likeness (QED) is 0.796. The summed E-state index contributed by atoms with van der Waals surface area (Å²) in [5.74, 6) is 0.0740. The van der Waals surface area contributed by atoms with E-state index in [1.165, 1.54) is 0 Å². The fourth-order valence-corrected chi connectivity index (χ4v) is 1.94. The van der Waals surface area contributed by atoms with Gasteiger partial charge in [-0.05, 0) is 19.8 Å². The molecule has 0 spiro atoms. The van der Waals surface area contributed by atoms with Gasteiger partial charge in [0, 0.05) is 19.3 Å². The summed E-state index contributed by atoms with van der Waals surface area (Å²) in [5.41, 5.74) is 6.13. The van der Waals surface area contributed by atoms with Gasteiger partial charge in [-0.25, -0.2) is 9.48 Å². The van der Waals surface area contributed by atoms with Crippen LogP contribution in [-0.4, -0.2) is 35.6 Å². The van der Waals surface area contributed by atoms with Crippen LogP contribution in [0.4, 0.5) is 5.82 Å². The number of nitrogen functional groups attached to an aromatic ring is 1. The van der Waals surface area contributed by atoms with Gasteiger partial charge in [-0.2, -0.15) is 5.10 Å². The summed E-state index contributed by atoms with van der Waals surface area (Å²) < 4.78 is 11.9. The van der Waals surface area contributed by atoms with Crippen LogP contribution in [0.3, 0.4) is 0 Å². The average Bonchev–Trinajstić information content (AvgIpc) is 2.73. The van der Waals surface area contributed by atoms with Crippen molar-refractivity contribution in [2.75, 3.05) is 25.6 Å². The van der Waals surface area contributed by atoms with E-state index in [1.807, 2.05) is 0 Å². The van der Waals surface area contributed by atoms with E-state index < -0.39 is 5.97 Å². The van der Waals surface area contributed by atoms with Crippen LogP contribution in [-0.2, 0) is 9.47 Å². The minimum atomic E-state index is -0.426. The lowest BCUT2D eigenvalue weighted by Gasteiger charge is -2.23. The van der Waals surface area contributed by atoms with Crippen molar-refractivity contribution < 1.29 is 14.3 Å². The Morgan fingerprint density at radius 1 is 1.65 bits per heavy atom. The molecule has 0 amide bonds. The highest BCUT2D eigenvalue weighted by Crippen LogP contribution is 2.23. The lowest BCUT2D eigenvalue weighted by Crippen LogP contribution is -2.22. The second kappa shape index (κ2) is 5.18. The molecule has 0 unspecified atom stereocenters. The molecule has 1 aliphatic rings. The SMILES string of the molecule is CCOC(=O)c1cc(N)n(C2CCOCC2)n1. The molecular formula is C11H17N3O3. The highest BCUT2D eigenvalue weighted by atomic mass is 16.5. The fourth-order valence-electron chi connectivity index (χ4n) is 1.94. The molecule has 0 radical (unpaired) electrons. The summed E-state index contributed by atoms with van der Waals surface area (Å²) in [6, 6.07) is 1.78. The molecule has 0 aliphatic carbocycles. The maximum Gasteiger partial charge on any atom is 0.358 e. The monoisotopic (exact) mass is 239 g/mol. The molecule has 1 aromatic heterocycles. The van der Waals surface area contributed by atoms with Crippen molar-refractivity contribution >= 4 is 11.8 Å². The van der Waals surface area contributed by atoms with E-state index in [0.29, 0.717) is 25.6 Å². The molecule has 0 aromatic carbocycles. The molecule has 1 aromatic rings. The van der Waals surface area contributed by atoms with Gasteiger partial charge in [-0.3, -0.25) is 0 Å². The predicted molar refractivity (Wildman–Crippen MR) is 61.7 cm³/mol. The lowest BCUT2D eigenvalue weighted by molar-refractivity contribution is 0.0513. The van der Waals surface area contributed by atoms with Gasteiger partial charge in [0.1, 0.15) is 5.82 Å². The van der Waals surface area contributed by atoms with Crippen molar-refractivity contribution in [1.82, 2.24) is 9.78 Å². The second-order valence-electron chi connectivity index (χ2n) is 3.96. The average molecular weight is 239 g/mol. The van der Waals surface area contributed by atoms with Crippen LogP contribution in [0.25, 0.3) is 0 Å². The summed E-state index contributed by atoms with van der Waals surface area (Å²) in [6.07, 6.45) is 1.74. The molecule has 2 rings (SSSR count). The van der Waals surface area contributed by atoms with Crippen LogP contribution >= 0.6 is 0 Å². The summed E-state index contributed by atoms with van der Waals surface area (Å²) in [4.78, 5) is 11.5. The fraction of sp³-hybridized carbons (Fsp3) is 0.636. The molecule has 6 heteroatoms. The van der Waals surface area contributed by atoms with Gasteiger partial charge < -0.3 is 15.2 Å². The van der Waals surface area contributed by atoms with E-state index >= 15 is 0 Å². The number of aromatic nitrogens is 2. The van der Waals surface area contributed by atoms with Gasteiger partial charge in [-0.1, -0.05) is 0 Å². The Morgan fingerprint density at radius 3 is 3.00 bits per heavy atom. The third-order valence-corrected chi connectivity index (χ3v) is 2.79. The first-order valence-electron chi connectivity index (χ1n) is 5.82. The van der Waals surface area contributed by atoms with Gasteiger partial charge in [0.15, 0.2) is 5.69 Å². The number of nitrogens with two attached hydrogens (primary N) is 1. The van der Waals surface area contributed by atoms with Gasteiger partial charge in [0.25, 0.3) is 0 Å². The van der Waals surface area contributed by atoms with Crippen molar-refractivity contribution in [3.8, 4) is 0 Å². The highest BCUT2D eigenvalue weighted by Gasteiger charge is 2.21. The first kappa shape index (κ1) is 11.9. The Balaban J connectivity index is 2.15. The molecule has 6 nitrogen and oxygen atoms in total. The maximum absolute atomic E-state index is 11.5. The van der Waals surface area contributed by atoms with Crippen LogP contribution in [0.15, 0.2) is 6.07 Å². The topological polar surface area (TPSA) is 79.4 Å². The van der Waals surface area contributed by atoms with Gasteiger partial charge in [0.05, 0.1) is 12.6 Å². The minimum Gasteiger partial charge on any atom is -0.461 e. The summed E-state index contributed by atoms with van der Waals surface area (Å²) in [5, 5.41) is 4.21. The summed E-state index contributed by atoms with van der Waals surface area (Å²) >= 11 is 0. The third-order valence-electron chi connectivity index (χ3n) is 2.79. The molecule has 94 valence electrons. The smallest absolute Gasteiger partial charge is 0.358 e. The molecule has 0 bridgehead atoms. The van der Waals surface area contributed by atoms with Crippen molar-refractivity contribution in [2.45, 2.75) is 25.8 Å². The lowest BCUT2D eigenvalue weighted by atomic mass is 10.1. The molecule has 2 heterocycles. The Bertz CT molecular complexity index is 397. The third kappa shape index (κ3) is 2.58. The molecule has 1 fully saturated rings. The van der Waals surface area contributed by atoms with Crippen LogP contribution in [0.5, 0.6) is 0 Å². The van der Waals surface area contributed by atoms with E-state index in [9.17, 15) is 4.79 Å². The minimum absolute atomic E-state index is 0.215. The largest absolute Gasteiger partial charge is 0.461 e. The maximum atomic E-state index is 11.5. The molecule has 0 atom stereocenters. The standard InChI is InChI=1S/C11H17N3O3/c1-2-17-11(15)9-7-10(12)14(13-9)8-3-5-16-6-4-8/h7-8H,2-6,12H2,1H3. The van der Waals surface area contributed by atoms with Crippen molar-refractivity contribution in [1.29, 1.82) is 0 Å². The Kier molecular flexibility index (Phi) is 3.63. The zero-order chi connectivity index (χ0) is 12.3. The number of hydrogen-bond acceptors (Lipinski definition) is 5. The van der Waals surface area contributed by atoms with E-state index in [4.69, 9.17) is 15.2 Å². The van der Waals surface area contributed by atoms with Crippen molar-refractivity contribution in [3.05, 3.63) is 11.8 Å². The van der Waals surface area contributed by atoms with Gasteiger partial charge in [-0.15, -0.1) is 0 Å². The van der Waals surface area contributed by atoms with E-state index in [1.54, 1.807) is 17.7 Å². The number of nitrogens with zero attached hydrogens (tertiary/aromatic N) is 2. The molecule has 0 saturated carbocycles. The number of hydrogen-bond donors (Lipinski definition) is 1. The zero-order valence-electron chi connectivity index (χ0n) is 9.89. The van der Waals surface area contributed by atoms with Crippen LogP contribution in [0, 0.1) is 0 Å². The van der Waals surface area contributed by atoms with Gasteiger partial charge in [0.2, 0.25) is 0 Å². The van der Waals surface area contributed by atoms with Crippen molar-refractivity contribution in [3.63, 3.8) is 0 Å². The van der Waals surface area contributed by atoms with Crippen LogP contribution in [0.1, 0.15) is 36.3 Å². The second-order valence-corrected chi connectivity index (χ2v) is 3.96. The molecule has 1 saturated heterocycles. The van der Waals surface area contributed by atoms with E-state index in [-0.39, 0.29) is 11.7 Å². The molecule has 17 heavy (non-hydrogen) atoms. The van der Waals surface area contributed by atoms with Crippen LogP contribution in [0.2, 0.25) is 0 Å². The highest BCUT2D eigenvalue weighted by molar-refractivity contribution is 5.88. The number of carbonyl (C=O) groups is 1. The molecular weight excluding hydrogens is 222 g/mol.